The van der Waals surface area contributed by atoms with Crippen molar-refractivity contribution in [1.29, 1.82) is 0 Å². The smallest absolute Gasteiger partial charge is 0.184 e. The first-order valence-corrected chi connectivity index (χ1v) is 5.93. The fraction of sp³-hybridized carbons (Fsp3) is 0.250. The Morgan fingerprint density at radius 3 is 2.83 bits per heavy atom. The normalized spacial score (nSPS) is 12.4. The van der Waals surface area contributed by atoms with Crippen molar-refractivity contribution in [2.75, 3.05) is 0 Å². The quantitative estimate of drug-likeness (QED) is 0.729. The van der Waals surface area contributed by atoms with Crippen LogP contribution in [0, 0.1) is 0 Å². The van der Waals surface area contributed by atoms with Crippen LogP contribution in [0.25, 0.3) is 16.7 Å². The molecule has 0 aliphatic heterocycles. The van der Waals surface area contributed by atoms with Gasteiger partial charge in [-0.15, -0.1) is 10.2 Å². The van der Waals surface area contributed by atoms with Crippen molar-refractivity contribution in [2.24, 2.45) is 5.73 Å². The largest absolute Gasteiger partial charge is 0.320 e. The van der Waals surface area contributed by atoms with Crippen LogP contribution in [0.1, 0.15) is 19.5 Å². The van der Waals surface area contributed by atoms with Gasteiger partial charge in [-0.1, -0.05) is 11.6 Å². The maximum Gasteiger partial charge on any atom is 0.184 e. The monoisotopic (exact) mass is 261 g/mol. The van der Waals surface area contributed by atoms with Gasteiger partial charge in [-0.05, 0) is 32.0 Å². The molecule has 0 amide bonds. The number of aromatic nitrogens is 4. The van der Waals surface area contributed by atoms with Crippen molar-refractivity contribution in [2.45, 2.75) is 19.4 Å². The summed E-state index contributed by atoms with van der Waals surface area (Å²) in [6.45, 7) is 3.79. The molecule has 3 aromatic rings. The minimum Gasteiger partial charge on any atom is -0.320 e. The molecule has 6 heteroatoms. The first-order chi connectivity index (χ1) is 8.47. The van der Waals surface area contributed by atoms with Gasteiger partial charge in [-0.3, -0.25) is 4.40 Å². The van der Waals surface area contributed by atoms with E-state index in [9.17, 15) is 0 Å². The van der Waals surface area contributed by atoms with Crippen molar-refractivity contribution < 1.29 is 0 Å². The zero-order valence-corrected chi connectivity index (χ0v) is 10.8. The summed E-state index contributed by atoms with van der Waals surface area (Å²) in [5, 5.41) is 8.67. The number of hydrogen-bond acceptors (Lipinski definition) is 4. The summed E-state index contributed by atoms with van der Waals surface area (Å²) in [6, 6.07) is 5.51. The third-order valence-electron chi connectivity index (χ3n) is 2.80. The second-order valence-corrected chi connectivity index (χ2v) is 5.28. The highest BCUT2D eigenvalue weighted by Crippen LogP contribution is 2.25. The van der Waals surface area contributed by atoms with Crippen LogP contribution in [0.5, 0.6) is 0 Å². The molecule has 0 aliphatic rings. The van der Waals surface area contributed by atoms with Crippen LogP contribution in [-0.4, -0.2) is 19.6 Å². The summed E-state index contributed by atoms with van der Waals surface area (Å²) < 4.78 is 1.86. The molecule has 2 heterocycles. The van der Waals surface area contributed by atoms with Crippen molar-refractivity contribution in [3.63, 3.8) is 0 Å². The predicted molar refractivity (Wildman–Crippen MR) is 70.5 cm³/mol. The lowest BCUT2D eigenvalue weighted by molar-refractivity contribution is 0.539. The Balaban J connectivity index is 2.51. The van der Waals surface area contributed by atoms with Crippen LogP contribution in [0.4, 0.5) is 0 Å². The third kappa shape index (κ3) is 1.63. The van der Waals surface area contributed by atoms with Crippen LogP contribution in [-0.2, 0) is 5.54 Å². The fourth-order valence-corrected chi connectivity index (χ4v) is 2.13. The Bertz CT molecular complexity index is 741. The van der Waals surface area contributed by atoms with Gasteiger partial charge in [-0.25, -0.2) is 4.98 Å². The van der Waals surface area contributed by atoms with Crippen LogP contribution >= 0.6 is 11.6 Å². The van der Waals surface area contributed by atoms with E-state index in [1.807, 2.05) is 30.4 Å². The Hall–Kier alpha value is -1.72. The maximum absolute atomic E-state index is 6.13. The third-order valence-corrected chi connectivity index (χ3v) is 3.03. The Morgan fingerprint density at radius 2 is 2.11 bits per heavy atom. The topological polar surface area (TPSA) is 69.1 Å². The van der Waals surface area contributed by atoms with Crippen molar-refractivity contribution >= 4 is 28.3 Å². The molecular weight excluding hydrogens is 250 g/mol. The molecule has 0 saturated carbocycles. The summed E-state index contributed by atoms with van der Waals surface area (Å²) in [6.07, 6.45) is 1.64. The molecule has 0 atom stereocenters. The van der Waals surface area contributed by atoms with Gasteiger partial charge in [0.15, 0.2) is 5.65 Å². The summed E-state index contributed by atoms with van der Waals surface area (Å²) in [5.41, 5.74) is 8.62. The zero-order valence-electron chi connectivity index (χ0n) is 10.1. The minimum absolute atomic E-state index is 0.581. The molecule has 2 aromatic heterocycles. The maximum atomic E-state index is 6.13. The van der Waals surface area contributed by atoms with Gasteiger partial charge in [0.1, 0.15) is 12.0 Å². The molecule has 0 saturated heterocycles. The molecule has 3 rings (SSSR count). The van der Waals surface area contributed by atoms with Gasteiger partial charge >= 0.3 is 0 Å². The average Bonchev–Trinajstić information content (AvgIpc) is 2.75. The minimum atomic E-state index is -0.581. The van der Waals surface area contributed by atoms with Gasteiger partial charge in [0.05, 0.1) is 16.6 Å². The summed E-state index contributed by atoms with van der Waals surface area (Å²) in [4.78, 5) is 4.58. The number of benzene rings is 1. The molecule has 0 fully saturated rings. The van der Waals surface area contributed by atoms with Gasteiger partial charge in [0, 0.05) is 5.02 Å². The highest BCUT2D eigenvalue weighted by atomic mass is 35.5. The van der Waals surface area contributed by atoms with E-state index in [-0.39, 0.29) is 0 Å². The first-order valence-electron chi connectivity index (χ1n) is 5.55. The predicted octanol–water partition coefficient (Wildman–Crippen LogP) is 2.12. The van der Waals surface area contributed by atoms with Gasteiger partial charge in [0.2, 0.25) is 0 Å². The van der Waals surface area contributed by atoms with Crippen LogP contribution < -0.4 is 5.73 Å². The number of hydrogen-bond donors (Lipinski definition) is 1. The molecule has 18 heavy (non-hydrogen) atoms. The molecular formula is C12H12ClN5. The van der Waals surface area contributed by atoms with Crippen molar-refractivity contribution in [3.05, 3.63) is 35.2 Å². The van der Waals surface area contributed by atoms with Crippen LogP contribution in [0.2, 0.25) is 5.02 Å². The van der Waals surface area contributed by atoms with Crippen LogP contribution in [0.15, 0.2) is 24.5 Å². The summed E-state index contributed by atoms with van der Waals surface area (Å²) in [5.74, 6) is 0. The molecule has 0 spiro atoms. The molecule has 0 unspecified atom stereocenters. The van der Waals surface area contributed by atoms with E-state index in [4.69, 9.17) is 17.3 Å². The average molecular weight is 262 g/mol. The van der Waals surface area contributed by atoms with Crippen molar-refractivity contribution in [3.8, 4) is 0 Å². The molecule has 0 radical (unpaired) electrons. The molecule has 0 aliphatic carbocycles. The fourth-order valence-electron chi connectivity index (χ4n) is 1.96. The zero-order chi connectivity index (χ0) is 12.9. The molecule has 2 N–H and O–H groups in total. The van der Waals surface area contributed by atoms with Gasteiger partial charge in [-0.2, -0.15) is 0 Å². The van der Waals surface area contributed by atoms with Crippen molar-refractivity contribution in [1.82, 2.24) is 19.6 Å². The first kappa shape index (κ1) is 11.4. The second-order valence-electron chi connectivity index (χ2n) is 4.84. The Labute approximate surface area is 109 Å². The number of rotatable bonds is 1. The highest BCUT2D eigenvalue weighted by Gasteiger charge is 2.22. The van der Waals surface area contributed by atoms with E-state index < -0.39 is 5.54 Å². The molecule has 1 aromatic carbocycles. The number of fused-ring (bicyclic) bond motifs is 3. The molecule has 5 nitrogen and oxygen atoms in total. The summed E-state index contributed by atoms with van der Waals surface area (Å²) in [7, 11) is 0. The SMILES string of the molecule is CC(C)(N)c1nc2ccc(Cl)cc2n2cnnc12. The van der Waals surface area contributed by atoms with E-state index in [1.54, 1.807) is 12.4 Å². The molecule has 92 valence electrons. The number of nitrogens with two attached hydrogens (primary N) is 1. The lowest BCUT2D eigenvalue weighted by Crippen LogP contribution is -2.30. The van der Waals surface area contributed by atoms with Gasteiger partial charge < -0.3 is 5.73 Å². The van der Waals surface area contributed by atoms with E-state index in [0.29, 0.717) is 10.7 Å². The highest BCUT2D eigenvalue weighted by molar-refractivity contribution is 6.31. The standard InChI is InChI=1S/C12H12ClN5/c1-12(2,14)10-11-17-15-6-18(11)9-5-7(13)3-4-8(9)16-10/h3-6H,14H2,1-2H3. The van der Waals surface area contributed by atoms with Crippen LogP contribution in [0.3, 0.4) is 0 Å². The van der Waals surface area contributed by atoms with E-state index in [1.165, 1.54) is 0 Å². The van der Waals surface area contributed by atoms with E-state index in [2.05, 4.69) is 15.2 Å². The van der Waals surface area contributed by atoms with E-state index in [0.717, 1.165) is 16.7 Å². The summed E-state index contributed by atoms with van der Waals surface area (Å²) >= 11 is 6.01. The number of halogens is 1. The van der Waals surface area contributed by atoms with E-state index >= 15 is 0 Å². The lowest BCUT2D eigenvalue weighted by Gasteiger charge is -2.19. The Kier molecular flexibility index (Phi) is 2.30. The molecule has 0 bridgehead atoms. The lowest BCUT2D eigenvalue weighted by atomic mass is 10.0. The van der Waals surface area contributed by atoms with Gasteiger partial charge in [0.25, 0.3) is 0 Å². The second kappa shape index (κ2) is 3.63. The Morgan fingerprint density at radius 1 is 1.33 bits per heavy atom. The number of nitrogens with zero attached hydrogens (tertiary/aromatic N) is 4.